The highest BCUT2D eigenvalue weighted by molar-refractivity contribution is 7.89. The Morgan fingerprint density at radius 3 is 2.27 bits per heavy atom. The first-order chi connectivity index (χ1) is 12.3. The average molecular weight is 377 g/mol. The monoisotopic (exact) mass is 377 g/mol. The van der Waals surface area contributed by atoms with Gasteiger partial charge in [0.15, 0.2) is 0 Å². The molecule has 0 spiro atoms. The van der Waals surface area contributed by atoms with Crippen molar-refractivity contribution in [2.45, 2.75) is 24.8 Å². The first kappa shape index (κ1) is 18.5. The van der Waals surface area contributed by atoms with E-state index in [2.05, 4.69) is 19.9 Å². The molecule has 1 aromatic carbocycles. The van der Waals surface area contributed by atoms with Crippen LogP contribution >= 0.6 is 0 Å². The van der Waals surface area contributed by atoms with Crippen LogP contribution in [0.25, 0.3) is 0 Å². The van der Waals surface area contributed by atoms with Crippen molar-refractivity contribution < 1.29 is 8.42 Å². The van der Waals surface area contributed by atoms with Crippen molar-refractivity contribution in [1.29, 1.82) is 0 Å². The number of aryl methyl sites for hydroxylation is 1. The van der Waals surface area contributed by atoms with E-state index < -0.39 is 10.0 Å². The molecule has 0 saturated carbocycles. The van der Waals surface area contributed by atoms with Gasteiger partial charge in [-0.15, -0.1) is 0 Å². The lowest BCUT2D eigenvalue weighted by molar-refractivity contribution is 0.272. The van der Waals surface area contributed by atoms with Crippen LogP contribution in [0.15, 0.2) is 29.2 Å². The standard InChI is InChI=1S/C16H23N7O2S/c1-12-3-5-13(6-4-12)26(24,25)23-8-2-7-22(9-10-23)11-14-19-15(17)21-16(18)20-14/h3-6H,2,7-11H2,1H3,(H4,17,18,19,20,21). The first-order valence-electron chi connectivity index (χ1n) is 8.40. The van der Waals surface area contributed by atoms with E-state index in [9.17, 15) is 8.42 Å². The predicted octanol–water partition coefficient (Wildman–Crippen LogP) is 0.241. The van der Waals surface area contributed by atoms with Crippen LogP contribution in [-0.4, -0.2) is 58.8 Å². The Morgan fingerprint density at radius 2 is 1.62 bits per heavy atom. The van der Waals surface area contributed by atoms with E-state index in [0.717, 1.165) is 18.5 Å². The Hall–Kier alpha value is -2.30. The summed E-state index contributed by atoms with van der Waals surface area (Å²) < 4.78 is 27.2. The van der Waals surface area contributed by atoms with Crippen molar-refractivity contribution in [3.05, 3.63) is 35.7 Å². The lowest BCUT2D eigenvalue weighted by atomic mass is 10.2. The molecule has 1 aliphatic heterocycles. The summed E-state index contributed by atoms with van der Waals surface area (Å²) in [6, 6.07) is 6.94. The summed E-state index contributed by atoms with van der Waals surface area (Å²) in [5.74, 6) is 0.668. The Balaban J connectivity index is 1.68. The average Bonchev–Trinajstić information content (AvgIpc) is 2.80. The predicted molar refractivity (Wildman–Crippen MR) is 98.5 cm³/mol. The summed E-state index contributed by atoms with van der Waals surface area (Å²) in [4.78, 5) is 14.4. The summed E-state index contributed by atoms with van der Waals surface area (Å²) >= 11 is 0. The van der Waals surface area contributed by atoms with E-state index in [1.165, 1.54) is 4.31 Å². The molecule has 1 saturated heterocycles. The number of anilines is 2. The normalized spacial score (nSPS) is 17.1. The molecule has 0 radical (unpaired) electrons. The highest BCUT2D eigenvalue weighted by Gasteiger charge is 2.27. The summed E-state index contributed by atoms with van der Waals surface area (Å²) in [5.41, 5.74) is 12.2. The van der Waals surface area contributed by atoms with Crippen LogP contribution in [0.2, 0.25) is 0 Å². The highest BCUT2D eigenvalue weighted by Crippen LogP contribution is 2.18. The van der Waals surface area contributed by atoms with Crippen LogP contribution in [0.1, 0.15) is 17.8 Å². The molecule has 1 aliphatic rings. The van der Waals surface area contributed by atoms with Gasteiger partial charge < -0.3 is 11.5 Å². The zero-order chi connectivity index (χ0) is 18.7. The molecular formula is C16H23N7O2S. The number of nitrogens with two attached hydrogens (primary N) is 2. The van der Waals surface area contributed by atoms with Crippen LogP contribution in [0, 0.1) is 6.92 Å². The van der Waals surface area contributed by atoms with E-state index in [1.807, 2.05) is 19.1 Å². The minimum absolute atomic E-state index is 0.0888. The number of benzene rings is 1. The molecule has 9 nitrogen and oxygen atoms in total. The summed E-state index contributed by atoms with van der Waals surface area (Å²) in [5, 5.41) is 0. The van der Waals surface area contributed by atoms with Gasteiger partial charge in [-0.1, -0.05) is 17.7 Å². The van der Waals surface area contributed by atoms with Gasteiger partial charge in [-0.2, -0.15) is 19.3 Å². The second-order valence-electron chi connectivity index (χ2n) is 6.31. The van der Waals surface area contributed by atoms with Crippen molar-refractivity contribution in [2.24, 2.45) is 0 Å². The van der Waals surface area contributed by atoms with Crippen LogP contribution in [0.4, 0.5) is 11.9 Å². The number of hydrogen-bond donors (Lipinski definition) is 2. The zero-order valence-electron chi connectivity index (χ0n) is 14.7. The number of hydrogen-bond acceptors (Lipinski definition) is 8. The van der Waals surface area contributed by atoms with Crippen molar-refractivity contribution in [1.82, 2.24) is 24.2 Å². The molecule has 0 bridgehead atoms. The quantitative estimate of drug-likeness (QED) is 0.774. The smallest absolute Gasteiger partial charge is 0.243 e. The van der Waals surface area contributed by atoms with Crippen LogP contribution in [0.3, 0.4) is 0 Å². The third-order valence-corrected chi connectivity index (χ3v) is 6.20. The summed E-state index contributed by atoms with van der Waals surface area (Å²) in [7, 11) is -3.49. The molecular weight excluding hydrogens is 354 g/mol. The number of sulfonamides is 1. The second-order valence-corrected chi connectivity index (χ2v) is 8.25. The molecule has 26 heavy (non-hydrogen) atoms. The van der Waals surface area contributed by atoms with Crippen LogP contribution in [0.5, 0.6) is 0 Å². The van der Waals surface area contributed by atoms with Gasteiger partial charge in [0, 0.05) is 19.6 Å². The van der Waals surface area contributed by atoms with Gasteiger partial charge >= 0.3 is 0 Å². The Bertz CT molecular complexity index is 850. The van der Waals surface area contributed by atoms with Gasteiger partial charge in [-0.3, -0.25) is 4.90 Å². The molecule has 0 aliphatic carbocycles. The third kappa shape index (κ3) is 4.26. The van der Waals surface area contributed by atoms with Gasteiger partial charge in [0.2, 0.25) is 21.9 Å². The summed E-state index contributed by atoms with van der Waals surface area (Å²) in [6.45, 7) is 4.60. The fourth-order valence-corrected chi connectivity index (χ4v) is 4.40. The molecule has 0 unspecified atom stereocenters. The summed E-state index contributed by atoms with van der Waals surface area (Å²) in [6.07, 6.45) is 0.723. The molecule has 1 aromatic heterocycles. The fraction of sp³-hybridized carbons (Fsp3) is 0.438. The maximum Gasteiger partial charge on any atom is 0.243 e. The Kier molecular flexibility index (Phi) is 5.35. The van der Waals surface area contributed by atoms with E-state index in [4.69, 9.17) is 11.5 Å². The van der Waals surface area contributed by atoms with Crippen molar-refractivity contribution in [3.8, 4) is 0 Å². The van der Waals surface area contributed by atoms with Gasteiger partial charge in [0.25, 0.3) is 0 Å². The Morgan fingerprint density at radius 1 is 0.962 bits per heavy atom. The second kappa shape index (κ2) is 7.52. The molecule has 3 rings (SSSR count). The molecule has 1 fully saturated rings. The van der Waals surface area contributed by atoms with E-state index in [1.54, 1.807) is 12.1 Å². The molecule has 0 amide bonds. The largest absolute Gasteiger partial charge is 0.368 e. The van der Waals surface area contributed by atoms with Crippen molar-refractivity contribution >= 4 is 21.9 Å². The minimum Gasteiger partial charge on any atom is -0.368 e. The third-order valence-electron chi connectivity index (χ3n) is 4.29. The number of nitrogens with zero attached hydrogens (tertiary/aromatic N) is 5. The Labute approximate surface area is 153 Å². The molecule has 140 valence electrons. The van der Waals surface area contributed by atoms with E-state index in [-0.39, 0.29) is 11.9 Å². The SMILES string of the molecule is Cc1ccc(S(=O)(=O)N2CCCN(Cc3nc(N)nc(N)n3)CC2)cc1. The van der Waals surface area contributed by atoms with Crippen molar-refractivity contribution in [2.75, 3.05) is 37.6 Å². The van der Waals surface area contributed by atoms with Crippen molar-refractivity contribution in [3.63, 3.8) is 0 Å². The maximum absolute atomic E-state index is 12.8. The fourth-order valence-electron chi connectivity index (χ4n) is 2.93. The van der Waals surface area contributed by atoms with Crippen LogP contribution in [-0.2, 0) is 16.6 Å². The molecule has 2 heterocycles. The lowest BCUT2D eigenvalue weighted by Gasteiger charge is -2.21. The maximum atomic E-state index is 12.8. The molecule has 0 atom stereocenters. The van der Waals surface area contributed by atoms with Gasteiger partial charge in [-0.05, 0) is 32.0 Å². The topological polar surface area (TPSA) is 131 Å². The van der Waals surface area contributed by atoms with E-state index >= 15 is 0 Å². The highest BCUT2D eigenvalue weighted by atomic mass is 32.2. The van der Waals surface area contributed by atoms with E-state index in [0.29, 0.717) is 36.9 Å². The minimum atomic E-state index is -3.49. The molecule has 4 N–H and O–H groups in total. The van der Waals surface area contributed by atoms with Gasteiger partial charge in [-0.25, -0.2) is 8.42 Å². The molecule has 10 heteroatoms. The van der Waals surface area contributed by atoms with Gasteiger partial charge in [0.05, 0.1) is 11.4 Å². The van der Waals surface area contributed by atoms with Gasteiger partial charge in [0.1, 0.15) is 5.82 Å². The molecule has 2 aromatic rings. The number of nitrogen functional groups attached to an aromatic ring is 2. The number of rotatable bonds is 4. The number of aromatic nitrogens is 3. The van der Waals surface area contributed by atoms with Crippen LogP contribution < -0.4 is 11.5 Å². The zero-order valence-corrected chi connectivity index (χ0v) is 15.5. The lowest BCUT2D eigenvalue weighted by Crippen LogP contribution is -2.35. The first-order valence-corrected chi connectivity index (χ1v) is 9.84.